The topological polar surface area (TPSA) is 41.6 Å². The van der Waals surface area contributed by atoms with Crippen LogP contribution in [0.25, 0.3) is 0 Å². The molecule has 5 heteroatoms. The van der Waals surface area contributed by atoms with Crippen molar-refractivity contribution in [3.8, 4) is 0 Å². The second-order valence-electron chi connectivity index (χ2n) is 6.05. The minimum absolute atomic E-state index is 0.140. The van der Waals surface area contributed by atoms with Gasteiger partial charge in [-0.1, -0.05) is 12.1 Å². The minimum atomic E-state index is -0.464. The molecule has 1 aromatic carbocycles. The second-order valence-corrected chi connectivity index (χ2v) is 6.05. The van der Waals surface area contributed by atoms with E-state index in [1.54, 1.807) is 6.07 Å². The van der Waals surface area contributed by atoms with Gasteiger partial charge in [0.25, 0.3) is 0 Å². The third-order valence-corrected chi connectivity index (χ3v) is 3.64. The van der Waals surface area contributed by atoms with E-state index in [9.17, 15) is 9.18 Å². The molecule has 1 aromatic rings. The number of rotatable bonds is 7. The van der Waals surface area contributed by atoms with Gasteiger partial charge < -0.3 is 10.1 Å². The van der Waals surface area contributed by atoms with E-state index in [-0.39, 0.29) is 11.9 Å². The van der Waals surface area contributed by atoms with Crippen molar-refractivity contribution in [2.24, 2.45) is 0 Å². The zero-order chi connectivity index (χ0) is 16.7. The predicted octanol–water partition coefficient (Wildman–Crippen LogP) is 3.21. The Balaban J connectivity index is 2.85. The molecule has 0 saturated heterocycles. The molecule has 0 aliphatic rings. The highest BCUT2D eigenvalue weighted by Gasteiger charge is 2.21. The van der Waals surface area contributed by atoms with Crippen LogP contribution in [0, 0.1) is 5.82 Å². The molecule has 124 valence electrons. The maximum atomic E-state index is 13.3. The highest BCUT2D eigenvalue weighted by Crippen LogP contribution is 2.11. The van der Waals surface area contributed by atoms with Crippen molar-refractivity contribution < 1.29 is 13.9 Å². The van der Waals surface area contributed by atoms with E-state index in [0.29, 0.717) is 25.0 Å². The SMILES string of the molecule is COC(=O)NC(Cc1cccc(F)c1)CN(C(C)C)C(C)C. The van der Waals surface area contributed by atoms with Crippen LogP contribution in [0.15, 0.2) is 24.3 Å². The second kappa shape index (κ2) is 8.73. The lowest BCUT2D eigenvalue weighted by molar-refractivity contribution is 0.138. The molecule has 0 bridgehead atoms. The Labute approximate surface area is 132 Å². The average Bonchev–Trinajstić information content (AvgIpc) is 2.43. The normalized spacial score (nSPS) is 12.8. The number of halogens is 1. The van der Waals surface area contributed by atoms with Crippen LogP contribution in [0.4, 0.5) is 9.18 Å². The first-order chi connectivity index (χ1) is 10.3. The summed E-state index contributed by atoms with van der Waals surface area (Å²) in [6, 6.07) is 7.04. The number of amides is 1. The van der Waals surface area contributed by atoms with Crippen LogP contribution in [0.1, 0.15) is 33.3 Å². The number of alkyl carbamates (subject to hydrolysis) is 1. The molecule has 1 amide bonds. The summed E-state index contributed by atoms with van der Waals surface area (Å²) < 4.78 is 18.0. The molecular weight excluding hydrogens is 283 g/mol. The highest BCUT2D eigenvalue weighted by atomic mass is 19.1. The van der Waals surface area contributed by atoms with Crippen molar-refractivity contribution in [1.29, 1.82) is 0 Å². The first-order valence-electron chi connectivity index (χ1n) is 7.68. The van der Waals surface area contributed by atoms with Gasteiger partial charge in [-0.25, -0.2) is 9.18 Å². The molecule has 4 nitrogen and oxygen atoms in total. The summed E-state index contributed by atoms with van der Waals surface area (Å²) in [4.78, 5) is 13.9. The van der Waals surface area contributed by atoms with E-state index >= 15 is 0 Å². The number of nitrogens with zero attached hydrogens (tertiary/aromatic N) is 1. The van der Waals surface area contributed by atoms with Gasteiger partial charge in [-0.2, -0.15) is 0 Å². The van der Waals surface area contributed by atoms with E-state index < -0.39 is 6.09 Å². The number of benzene rings is 1. The van der Waals surface area contributed by atoms with E-state index in [4.69, 9.17) is 4.74 Å². The van der Waals surface area contributed by atoms with Crippen LogP contribution in [-0.2, 0) is 11.2 Å². The van der Waals surface area contributed by atoms with Gasteiger partial charge in [-0.3, -0.25) is 4.90 Å². The molecule has 1 N–H and O–H groups in total. The lowest BCUT2D eigenvalue weighted by Crippen LogP contribution is -2.49. The maximum absolute atomic E-state index is 13.3. The Bertz CT molecular complexity index is 469. The monoisotopic (exact) mass is 310 g/mol. The Hall–Kier alpha value is -1.62. The standard InChI is InChI=1S/C17H27FN2O2/c1-12(2)20(13(3)4)11-16(19-17(21)22-5)10-14-7-6-8-15(18)9-14/h6-9,12-13,16H,10-11H2,1-5H3,(H,19,21). The third-order valence-electron chi connectivity index (χ3n) is 3.64. The van der Waals surface area contributed by atoms with Crippen LogP contribution in [0.3, 0.4) is 0 Å². The number of hydrogen-bond donors (Lipinski definition) is 1. The smallest absolute Gasteiger partial charge is 0.407 e. The van der Waals surface area contributed by atoms with Gasteiger partial charge in [0, 0.05) is 24.7 Å². The van der Waals surface area contributed by atoms with Crippen molar-refractivity contribution in [3.63, 3.8) is 0 Å². The van der Waals surface area contributed by atoms with Crippen molar-refractivity contribution in [2.75, 3.05) is 13.7 Å². The van der Waals surface area contributed by atoms with Crippen molar-refractivity contribution in [1.82, 2.24) is 10.2 Å². The molecule has 1 unspecified atom stereocenters. The number of nitrogens with one attached hydrogen (secondary N) is 1. The molecule has 0 spiro atoms. The number of methoxy groups -OCH3 is 1. The molecular formula is C17H27FN2O2. The van der Waals surface area contributed by atoms with Gasteiger partial charge in [0.2, 0.25) is 0 Å². The largest absolute Gasteiger partial charge is 0.453 e. The molecule has 0 aliphatic carbocycles. The summed E-state index contributed by atoms with van der Waals surface area (Å²) in [6.45, 7) is 9.17. The molecule has 0 aromatic heterocycles. The summed E-state index contributed by atoms with van der Waals surface area (Å²) in [5.41, 5.74) is 0.855. The van der Waals surface area contributed by atoms with E-state index in [1.807, 2.05) is 6.07 Å². The average molecular weight is 310 g/mol. The fourth-order valence-corrected chi connectivity index (χ4v) is 2.61. The minimum Gasteiger partial charge on any atom is -0.453 e. The zero-order valence-electron chi connectivity index (χ0n) is 14.1. The molecule has 0 aliphatic heterocycles. The summed E-state index contributed by atoms with van der Waals surface area (Å²) in [5, 5.41) is 2.85. The van der Waals surface area contributed by atoms with E-state index in [0.717, 1.165) is 5.56 Å². The molecule has 0 heterocycles. The van der Waals surface area contributed by atoms with Gasteiger partial charge >= 0.3 is 6.09 Å². The third kappa shape index (κ3) is 6.02. The van der Waals surface area contributed by atoms with Crippen molar-refractivity contribution in [2.45, 2.75) is 52.2 Å². The molecule has 0 radical (unpaired) electrons. The van der Waals surface area contributed by atoms with E-state index in [2.05, 4.69) is 37.9 Å². The first kappa shape index (κ1) is 18.4. The molecule has 22 heavy (non-hydrogen) atoms. The summed E-state index contributed by atoms with van der Waals surface area (Å²) in [5.74, 6) is -0.265. The Morgan fingerprint density at radius 3 is 2.41 bits per heavy atom. The maximum Gasteiger partial charge on any atom is 0.407 e. The molecule has 0 fully saturated rings. The van der Waals surface area contributed by atoms with Gasteiger partial charge in [0.1, 0.15) is 5.82 Å². The van der Waals surface area contributed by atoms with E-state index in [1.165, 1.54) is 19.2 Å². The number of carbonyl (C=O) groups excluding carboxylic acids is 1. The van der Waals surface area contributed by atoms with Gasteiger partial charge in [-0.15, -0.1) is 0 Å². The van der Waals surface area contributed by atoms with Gasteiger partial charge in [-0.05, 0) is 51.8 Å². The molecule has 0 saturated carbocycles. The fourth-order valence-electron chi connectivity index (χ4n) is 2.61. The lowest BCUT2D eigenvalue weighted by atomic mass is 10.0. The summed E-state index contributed by atoms with van der Waals surface area (Å²) in [6.07, 6.45) is 0.0943. The summed E-state index contributed by atoms with van der Waals surface area (Å²) >= 11 is 0. The zero-order valence-corrected chi connectivity index (χ0v) is 14.1. The van der Waals surface area contributed by atoms with Crippen LogP contribution in [-0.4, -0.2) is 42.8 Å². The molecule has 1 atom stereocenters. The Morgan fingerprint density at radius 1 is 1.27 bits per heavy atom. The number of hydrogen-bond acceptors (Lipinski definition) is 3. The van der Waals surface area contributed by atoms with Crippen LogP contribution < -0.4 is 5.32 Å². The van der Waals surface area contributed by atoms with Crippen molar-refractivity contribution >= 4 is 6.09 Å². The first-order valence-corrected chi connectivity index (χ1v) is 7.68. The quantitative estimate of drug-likeness (QED) is 0.841. The van der Waals surface area contributed by atoms with Gasteiger partial charge in [0.05, 0.1) is 7.11 Å². The lowest BCUT2D eigenvalue weighted by Gasteiger charge is -2.34. The molecule has 1 rings (SSSR count). The predicted molar refractivity (Wildman–Crippen MR) is 86.4 cm³/mol. The van der Waals surface area contributed by atoms with Gasteiger partial charge in [0.15, 0.2) is 0 Å². The Kier molecular flexibility index (Phi) is 7.32. The number of carbonyl (C=O) groups is 1. The van der Waals surface area contributed by atoms with Crippen LogP contribution in [0.2, 0.25) is 0 Å². The van der Waals surface area contributed by atoms with Crippen LogP contribution in [0.5, 0.6) is 0 Å². The summed E-state index contributed by atoms with van der Waals surface area (Å²) in [7, 11) is 1.34. The van der Waals surface area contributed by atoms with Crippen molar-refractivity contribution in [3.05, 3.63) is 35.6 Å². The number of ether oxygens (including phenoxy) is 1. The fraction of sp³-hybridized carbons (Fsp3) is 0.588. The Morgan fingerprint density at radius 2 is 1.91 bits per heavy atom. The highest BCUT2D eigenvalue weighted by molar-refractivity contribution is 5.67. The van der Waals surface area contributed by atoms with Crippen LogP contribution >= 0.6 is 0 Å².